The highest BCUT2D eigenvalue weighted by molar-refractivity contribution is 5.88. The second kappa shape index (κ2) is 6.80. The van der Waals surface area contributed by atoms with Crippen molar-refractivity contribution < 1.29 is 18.3 Å². The molecule has 0 spiro atoms. The summed E-state index contributed by atoms with van der Waals surface area (Å²) >= 11 is 0. The minimum Gasteiger partial charge on any atom is -0.476 e. The largest absolute Gasteiger partial charge is 0.476 e. The highest BCUT2D eigenvalue weighted by atomic mass is 19.1. The lowest BCUT2D eigenvalue weighted by Gasteiger charge is -2.69. The topological polar surface area (TPSA) is 91.5 Å². The van der Waals surface area contributed by atoms with Gasteiger partial charge in [0.1, 0.15) is 17.7 Å². The van der Waals surface area contributed by atoms with E-state index in [1.807, 2.05) is 6.07 Å². The van der Waals surface area contributed by atoms with Crippen LogP contribution in [0.25, 0.3) is 0 Å². The quantitative estimate of drug-likeness (QED) is 0.735. The molecule has 0 saturated heterocycles. The molecule has 3 fully saturated rings. The fourth-order valence-corrected chi connectivity index (χ4v) is 5.08. The summed E-state index contributed by atoms with van der Waals surface area (Å²) in [7, 11) is 0. The van der Waals surface area contributed by atoms with Gasteiger partial charge in [-0.15, -0.1) is 0 Å². The van der Waals surface area contributed by atoms with Crippen LogP contribution in [0.1, 0.15) is 48.5 Å². The van der Waals surface area contributed by atoms with Crippen molar-refractivity contribution in [3.8, 4) is 11.9 Å². The molecule has 6 rings (SSSR count). The molecule has 9 heteroatoms. The zero-order valence-corrected chi connectivity index (χ0v) is 16.8. The number of rotatable bonds is 5. The molecule has 0 unspecified atom stereocenters. The molecular formula is C22H19F2N5O2. The Morgan fingerprint density at radius 3 is 2.71 bits per heavy atom. The number of hydrogen-bond donors (Lipinski definition) is 0. The smallest absolute Gasteiger partial charge is 0.249 e. The highest BCUT2D eigenvalue weighted by Crippen LogP contribution is 2.74. The van der Waals surface area contributed by atoms with Crippen LogP contribution in [0, 0.1) is 40.7 Å². The van der Waals surface area contributed by atoms with Gasteiger partial charge in [0.05, 0.1) is 30.5 Å². The summed E-state index contributed by atoms with van der Waals surface area (Å²) in [5.74, 6) is -0.835. The van der Waals surface area contributed by atoms with Crippen LogP contribution in [0.4, 0.5) is 8.78 Å². The summed E-state index contributed by atoms with van der Waals surface area (Å²) in [6, 6.07) is 3.60. The van der Waals surface area contributed by atoms with Crippen LogP contribution in [0.15, 0.2) is 29.6 Å². The SMILES string of the molecule is Cc1cc(F)c([C@@H]2CC=NN2C(=O)C23CC(COc4cnc(C#N)cn4)(C2)C3)cc1F. The molecule has 3 saturated carbocycles. The summed E-state index contributed by atoms with van der Waals surface area (Å²) in [6.07, 6.45) is 6.66. The molecule has 31 heavy (non-hydrogen) atoms. The Bertz CT molecular complexity index is 1120. The van der Waals surface area contributed by atoms with Gasteiger partial charge in [-0.2, -0.15) is 10.4 Å². The van der Waals surface area contributed by atoms with E-state index in [0.29, 0.717) is 38.2 Å². The first-order chi connectivity index (χ1) is 14.8. The fourth-order valence-electron chi connectivity index (χ4n) is 5.08. The number of aryl methyl sites for hydroxylation is 1. The van der Waals surface area contributed by atoms with Crippen molar-refractivity contribution in [2.75, 3.05) is 6.61 Å². The number of carbonyl (C=O) groups is 1. The van der Waals surface area contributed by atoms with Crippen molar-refractivity contribution in [3.05, 3.63) is 53.0 Å². The maximum atomic E-state index is 14.5. The molecule has 2 bridgehead atoms. The standard InChI is InChI=1S/C22H19F2N5O2/c1-13-4-17(24)15(5-16(13)23)18-2-3-28-29(18)20(30)22-9-21(10-22,11-22)12-31-19-8-26-14(6-25)7-27-19/h3-5,7-8,18H,2,9-12H2,1H3/t18-,21?,22?/m0/s1. The first kappa shape index (κ1) is 19.5. The summed E-state index contributed by atoms with van der Waals surface area (Å²) in [5.41, 5.74) is -0.0116. The Balaban J connectivity index is 1.23. The second-order valence-corrected chi connectivity index (χ2v) is 8.77. The molecule has 1 aromatic carbocycles. The Labute approximate surface area is 177 Å². The third-order valence-corrected chi connectivity index (χ3v) is 6.54. The molecule has 4 aliphatic rings. The molecule has 0 N–H and O–H groups in total. The lowest BCUT2D eigenvalue weighted by molar-refractivity contribution is -0.227. The lowest BCUT2D eigenvalue weighted by Crippen LogP contribution is -2.69. The highest BCUT2D eigenvalue weighted by Gasteiger charge is 2.73. The number of ether oxygens (including phenoxy) is 1. The minimum atomic E-state index is -0.627. The number of carbonyl (C=O) groups excluding carboxylic acids is 1. The predicted molar refractivity (Wildman–Crippen MR) is 105 cm³/mol. The number of hydrazone groups is 1. The molecular weight excluding hydrogens is 404 g/mol. The summed E-state index contributed by atoms with van der Waals surface area (Å²) in [6.45, 7) is 1.91. The summed E-state index contributed by atoms with van der Waals surface area (Å²) in [4.78, 5) is 21.2. The predicted octanol–water partition coefficient (Wildman–Crippen LogP) is 3.44. The number of amides is 1. The van der Waals surface area contributed by atoms with E-state index in [-0.39, 0.29) is 28.1 Å². The minimum absolute atomic E-state index is 0.0919. The molecule has 1 amide bonds. The summed E-state index contributed by atoms with van der Waals surface area (Å²) in [5, 5.41) is 14.3. The van der Waals surface area contributed by atoms with Crippen LogP contribution < -0.4 is 4.74 Å². The molecule has 0 radical (unpaired) electrons. The van der Waals surface area contributed by atoms with Gasteiger partial charge in [0.15, 0.2) is 5.69 Å². The fraction of sp³-hybridized carbons (Fsp3) is 0.409. The van der Waals surface area contributed by atoms with E-state index in [9.17, 15) is 13.6 Å². The average Bonchev–Trinajstić information content (AvgIpc) is 3.18. The van der Waals surface area contributed by atoms with Crippen LogP contribution in [0.2, 0.25) is 0 Å². The van der Waals surface area contributed by atoms with Gasteiger partial charge in [-0.3, -0.25) is 4.79 Å². The Morgan fingerprint density at radius 1 is 1.26 bits per heavy atom. The zero-order valence-electron chi connectivity index (χ0n) is 16.8. The van der Waals surface area contributed by atoms with Crippen molar-refractivity contribution in [1.82, 2.24) is 15.0 Å². The normalized spacial score (nSPS) is 27.9. The van der Waals surface area contributed by atoms with Gasteiger partial charge in [0.25, 0.3) is 0 Å². The van der Waals surface area contributed by atoms with Crippen LogP contribution in [-0.4, -0.2) is 33.7 Å². The average molecular weight is 423 g/mol. The third kappa shape index (κ3) is 3.05. The van der Waals surface area contributed by atoms with Gasteiger partial charge in [-0.25, -0.2) is 23.8 Å². The third-order valence-electron chi connectivity index (χ3n) is 6.54. The molecule has 158 valence electrons. The zero-order chi connectivity index (χ0) is 21.8. The van der Waals surface area contributed by atoms with Crippen LogP contribution in [0.3, 0.4) is 0 Å². The van der Waals surface area contributed by atoms with Crippen molar-refractivity contribution >= 4 is 12.1 Å². The molecule has 2 aromatic rings. The first-order valence-corrected chi connectivity index (χ1v) is 10.0. The number of hydrogen-bond acceptors (Lipinski definition) is 6. The second-order valence-electron chi connectivity index (χ2n) is 8.77. The number of aromatic nitrogens is 2. The van der Waals surface area contributed by atoms with E-state index in [4.69, 9.17) is 10.00 Å². The van der Waals surface area contributed by atoms with E-state index < -0.39 is 23.1 Å². The van der Waals surface area contributed by atoms with E-state index in [2.05, 4.69) is 15.1 Å². The van der Waals surface area contributed by atoms with Gasteiger partial charge in [0, 0.05) is 23.6 Å². The number of benzene rings is 1. The Kier molecular flexibility index (Phi) is 4.29. The lowest BCUT2D eigenvalue weighted by atomic mass is 9.35. The number of nitriles is 1. The molecule has 7 nitrogen and oxygen atoms in total. The molecule has 2 heterocycles. The van der Waals surface area contributed by atoms with Gasteiger partial charge < -0.3 is 4.74 Å². The Morgan fingerprint density at radius 2 is 2.03 bits per heavy atom. The molecule has 1 aliphatic heterocycles. The monoisotopic (exact) mass is 423 g/mol. The number of halogens is 2. The van der Waals surface area contributed by atoms with Gasteiger partial charge >= 0.3 is 0 Å². The Hall–Kier alpha value is -3.41. The van der Waals surface area contributed by atoms with Crippen molar-refractivity contribution in [2.45, 2.75) is 38.6 Å². The van der Waals surface area contributed by atoms with E-state index in [1.165, 1.54) is 30.4 Å². The summed E-state index contributed by atoms with van der Waals surface area (Å²) < 4.78 is 34.2. The first-order valence-electron chi connectivity index (χ1n) is 10.0. The van der Waals surface area contributed by atoms with Crippen LogP contribution in [0.5, 0.6) is 5.88 Å². The maximum absolute atomic E-state index is 14.5. The van der Waals surface area contributed by atoms with E-state index >= 15 is 0 Å². The van der Waals surface area contributed by atoms with Crippen molar-refractivity contribution in [1.29, 1.82) is 5.26 Å². The van der Waals surface area contributed by atoms with E-state index in [0.717, 1.165) is 6.07 Å². The van der Waals surface area contributed by atoms with Gasteiger partial charge in [-0.1, -0.05) is 0 Å². The van der Waals surface area contributed by atoms with Gasteiger partial charge in [0.2, 0.25) is 11.8 Å². The van der Waals surface area contributed by atoms with E-state index in [1.54, 1.807) is 6.21 Å². The maximum Gasteiger partial charge on any atom is 0.249 e. The van der Waals surface area contributed by atoms with Crippen molar-refractivity contribution in [3.63, 3.8) is 0 Å². The molecule has 3 aliphatic carbocycles. The van der Waals surface area contributed by atoms with Crippen LogP contribution in [-0.2, 0) is 4.79 Å². The van der Waals surface area contributed by atoms with Crippen LogP contribution >= 0.6 is 0 Å². The number of nitrogens with zero attached hydrogens (tertiary/aromatic N) is 5. The molecule has 1 aromatic heterocycles. The molecule has 1 atom stereocenters. The van der Waals surface area contributed by atoms with Crippen molar-refractivity contribution in [2.24, 2.45) is 15.9 Å². The van der Waals surface area contributed by atoms with Gasteiger partial charge in [-0.05, 0) is 43.9 Å².